The predicted molar refractivity (Wildman–Crippen MR) is 98.0 cm³/mol. The Balaban J connectivity index is 1.85. The molecule has 1 aliphatic heterocycles. The fraction of sp³-hybridized carbons (Fsp3) is 0.300. The van der Waals surface area contributed by atoms with Crippen molar-refractivity contribution in [1.29, 1.82) is 0 Å². The zero-order chi connectivity index (χ0) is 17.8. The topological polar surface area (TPSA) is 58.6 Å². The van der Waals surface area contributed by atoms with Gasteiger partial charge in [-0.25, -0.2) is 4.90 Å². The molecule has 0 radical (unpaired) electrons. The first-order valence-electron chi connectivity index (χ1n) is 8.58. The van der Waals surface area contributed by atoms with Crippen molar-refractivity contribution in [3.63, 3.8) is 0 Å². The second-order valence-electron chi connectivity index (χ2n) is 5.88. The number of rotatable bonds is 6. The van der Waals surface area contributed by atoms with Gasteiger partial charge in [0.25, 0.3) is 5.91 Å². The van der Waals surface area contributed by atoms with E-state index >= 15 is 0 Å². The first-order valence-corrected chi connectivity index (χ1v) is 8.58. The molecule has 5 heteroatoms. The number of imide groups is 1. The van der Waals surface area contributed by atoms with Crippen molar-refractivity contribution in [1.82, 2.24) is 0 Å². The van der Waals surface area contributed by atoms with Gasteiger partial charge in [0.1, 0.15) is 11.8 Å². The molecule has 1 heterocycles. The number of para-hydroxylation sites is 3. The highest BCUT2D eigenvalue weighted by atomic mass is 16.5. The number of hydrogen-bond acceptors (Lipinski definition) is 4. The van der Waals surface area contributed by atoms with E-state index in [-0.39, 0.29) is 18.2 Å². The molecule has 5 nitrogen and oxygen atoms in total. The van der Waals surface area contributed by atoms with Gasteiger partial charge < -0.3 is 10.1 Å². The molecule has 0 bridgehead atoms. The van der Waals surface area contributed by atoms with Crippen LogP contribution in [-0.2, 0) is 16.0 Å². The standard InChI is InChI=1S/C20H22N2O3/c1-3-14-9-5-7-11-17(14)22-19(23)13-16(20(22)24)21-15-10-6-8-12-18(15)25-4-2/h5-12,16,21H,3-4,13H2,1-2H3. The molecule has 1 fully saturated rings. The van der Waals surface area contributed by atoms with Gasteiger partial charge in [0.2, 0.25) is 5.91 Å². The summed E-state index contributed by atoms with van der Waals surface area (Å²) in [6, 6.07) is 14.4. The molecular formula is C20H22N2O3. The molecule has 2 amide bonds. The Morgan fingerprint density at radius 2 is 1.80 bits per heavy atom. The van der Waals surface area contributed by atoms with Gasteiger partial charge in [-0.15, -0.1) is 0 Å². The molecule has 1 aliphatic rings. The highest BCUT2D eigenvalue weighted by molar-refractivity contribution is 6.23. The van der Waals surface area contributed by atoms with E-state index in [0.29, 0.717) is 18.0 Å². The van der Waals surface area contributed by atoms with Crippen LogP contribution in [0, 0.1) is 0 Å². The Labute approximate surface area is 147 Å². The maximum atomic E-state index is 12.9. The van der Waals surface area contributed by atoms with Crippen LogP contribution in [0.3, 0.4) is 0 Å². The van der Waals surface area contributed by atoms with E-state index in [4.69, 9.17) is 4.74 Å². The van der Waals surface area contributed by atoms with Gasteiger partial charge in [0, 0.05) is 0 Å². The predicted octanol–water partition coefficient (Wildman–Crippen LogP) is 3.39. The lowest BCUT2D eigenvalue weighted by Crippen LogP contribution is -2.35. The van der Waals surface area contributed by atoms with Crippen LogP contribution in [0.5, 0.6) is 5.75 Å². The Kier molecular flexibility index (Phi) is 5.03. The van der Waals surface area contributed by atoms with Crippen LogP contribution in [0.15, 0.2) is 48.5 Å². The van der Waals surface area contributed by atoms with Crippen LogP contribution < -0.4 is 15.0 Å². The van der Waals surface area contributed by atoms with Crippen LogP contribution in [-0.4, -0.2) is 24.5 Å². The number of nitrogens with zero attached hydrogens (tertiary/aromatic N) is 1. The summed E-state index contributed by atoms with van der Waals surface area (Å²) in [5.74, 6) is 0.271. The Morgan fingerprint density at radius 1 is 1.08 bits per heavy atom. The average Bonchev–Trinajstić information content (AvgIpc) is 2.90. The van der Waals surface area contributed by atoms with Gasteiger partial charge in [-0.05, 0) is 37.1 Å². The van der Waals surface area contributed by atoms with Gasteiger partial charge in [-0.3, -0.25) is 9.59 Å². The number of carbonyl (C=O) groups is 2. The van der Waals surface area contributed by atoms with Crippen molar-refractivity contribution in [2.24, 2.45) is 0 Å². The van der Waals surface area contributed by atoms with E-state index in [1.54, 1.807) is 0 Å². The van der Waals surface area contributed by atoms with Gasteiger partial charge in [-0.2, -0.15) is 0 Å². The first kappa shape index (κ1) is 17.0. The minimum atomic E-state index is -0.584. The molecule has 2 aromatic rings. The summed E-state index contributed by atoms with van der Waals surface area (Å²) in [5, 5.41) is 3.17. The highest BCUT2D eigenvalue weighted by Crippen LogP contribution is 2.30. The quantitative estimate of drug-likeness (QED) is 0.820. The number of nitrogens with one attached hydrogen (secondary N) is 1. The summed E-state index contributed by atoms with van der Waals surface area (Å²) in [5.41, 5.74) is 2.39. The lowest BCUT2D eigenvalue weighted by Gasteiger charge is -2.19. The van der Waals surface area contributed by atoms with Crippen molar-refractivity contribution in [2.75, 3.05) is 16.8 Å². The largest absolute Gasteiger partial charge is 0.492 e. The third kappa shape index (κ3) is 3.36. The minimum absolute atomic E-state index is 0.136. The number of anilines is 2. The number of carbonyl (C=O) groups excluding carboxylic acids is 2. The fourth-order valence-electron chi connectivity index (χ4n) is 3.08. The third-order valence-electron chi connectivity index (χ3n) is 4.28. The molecule has 130 valence electrons. The minimum Gasteiger partial charge on any atom is -0.492 e. The molecule has 3 rings (SSSR count). The zero-order valence-corrected chi connectivity index (χ0v) is 14.5. The molecule has 1 atom stereocenters. The van der Waals surface area contributed by atoms with E-state index in [9.17, 15) is 9.59 Å². The number of aryl methyl sites for hydroxylation is 1. The van der Waals surface area contributed by atoms with Crippen molar-refractivity contribution in [2.45, 2.75) is 32.7 Å². The molecule has 1 unspecified atom stereocenters. The van der Waals surface area contributed by atoms with Crippen LogP contribution in [0.2, 0.25) is 0 Å². The van der Waals surface area contributed by atoms with Crippen molar-refractivity contribution in [3.05, 3.63) is 54.1 Å². The summed E-state index contributed by atoms with van der Waals surface area (Å²) in [6.45, 7) is 4.45. The SMILES string of the molecule is CCOc1ccccc1NC1CC(=O)N(c2ccccc2CC)C1=O. The summed E-state index contributed by atoms with van der Waals surface area (Å²) in [4.78, 5) is 26.7. The fourth-order valence-corrected chi connectivity index (χ4v) is 3.08. The molecule has 2 aromatic carbocycles. The molecule has 1 N–H and O–H groups in total. The Hall–Kier alpha value is -2.82. The van der Waals surface area contributed by atoms with Gasteiger partial charge >= 0.3 is 0 Å². The molecule has 0 aliphatic carbocycles. The van der Waals surface area contributed by atoms with E-state index in [1.807, 2.05) is 62.4 Å². The van der Waals surface area contributed by atoms with E-state index in [2.05, 4.69) is 5.32 Å². The maximum Gasteiger partial charge on any atom is 0.256 e. The van der Waals surface area contributed by atoms with E-state index in [0.717, 1.165) is 17.7 Å². The monoisotopic (exact) mass is 338 g/mol. The zero-order valence-electron chi connectivity index (χ0n) is 14.5. The van der Waals surface area contributed by atoms with E-state index < -0.39 is 6.04 Å². The van der Waals surface area contributed by atoms with Gasteiger partial charge in [-0.1, -0.05) is 37.3 Å². The molecule has 0 saturated carbocycles. The molecule has 0 aromatic heterocycles. The number of ether oxygens (including phenoxy) is 1. The maximum absolute atomic E-state index is 12.9. The van der Waals surface area contributed by atoms with Gasteiger partial charge in [0.15, 0.2) is 0 Å². The molecule has 1 saturated heterocycles. The second-order valence-corrected chi connectivity index (χ2v) is 5.88. The number of hydrogen-bond donors (Lipinski definition) is 1. The van der Waals surface area contributed by atoms with Gasteiger partial charge in [0.05, 0.1) is 24.4 Å². The molecular weight excluding hydrogens is 316 g/mol. The van der Waals surface area contributed by atoms with Crippen molar-refractivity contribution in [3.8, 4) is 5.75 Å². The first-order chi connectivity index (χ1) is 12.2. The summed E-state index contributed by atoms with van der Waals surface area (Å²) >= 11 is 0. The Morgan fingerprint density at radius 3 is 2.56 bits per heavy atom. The lowest BCUT2D eigenvalue weighted by molar-refractivity contribution is -0.121. The second kappa shape index (κ2) is 7.38. The number of amides is 2. The van der Waals surface area contributed by atoms with Crippen LogP contribution in [0.1, 0.15) is 25.8 Å². The summed E-state index contributed by atoms with van der Waals surface area (Å²) < 4.78 is 5.59. The van der Waals surface area contributed by atoms with Crippen LogP contribution in [0.25, 0.3) is 0 Å². The van der Waals surface area contributed by atoms with Crippen molar-refractivity contribution < 1.29 is 14.3 Å². The summed E-state index contributed by atoms with van der Waals surface area (Å²) in [6.07, 6.45) is 0.899. The summed E-state index contributed by atoms with van der Waals surface area (Å²) in [7, 11) is 0. The van der Waals surface area contributed by atoms with Crippen molar-refractivity contribution >= 4 is 23.2 Å². The van der Waals surface area contributed by atoms with Crippen LogP contribution >= 0.6 is 0 Å². The smallest absolute Gasteiger partial charge is 0.256 e. The lowest BCUT2D eigenvalue weighted by atomic mass is 10.1. The molecule has 25 heavy (non-hydrogen) atoms. The highest BCUT2D eigenvalue weighted by Gasteiger charge is 2.40. The van der Waals surface area contributed by atoms with Crippen LogP contribution in [0.4, 0.5) is 11.4 Å². The normalized spacial score (nSPS) is 17.0. The third-order valence-corrected chi connectivity index (χ3v) is 4.28. The average molecular weight is 338 g/mol. The number of benzene rings is 2. The Bertz CT molecular complexity index is 788. The molecule has 0 spiro atoms. The van der Waals surface area contributed by atoms with E-state index in [1.165, 1.54) is 4.90 Å².